The fourth-order valence-corrected chi connectivity index (χ4v) is 0.660. The summed E-state index contributed by atoms with van der Waals surface area (Å²) in [5, 5.41) is 15.2. The Kier molecular flexibility index (Phi) is 16.2. The Morgan fingerprint density at radius 2 is 1.79 bits per heavy atom. The minimum absolute atomic E-state index is 0.125. The van der Waals surface area contributed by atoms with E-state index in [1.54, 1.807) is 6.92 Å². The summed E-state index contributed by atoms with van der Waals surface area (Å²) in [4.78, 5) is 10.7. The fraction of sp³-hybridized carbons (Fsp3) is 0.769. The van der Waals surface area contributed by atoms with Crippen LogP contribution >= 0.6 is 0 Å². The third kappa shape index (κ3) is 19.6. The van der Waals surface area contributed by atoms with Crippen molar-refractivity contribution in [2.45, 2.75) is 26.9 Å². The van der Waals surface area contributed by atoms with Gasteiger partial charge in [0.1, 0.15) is 12.7 Å². The Bertz CT molecular complexity index is 221. The SMILES string of the molecule is C=C(C)C(=O)OCC1CO1.CCOCC.OCCO. The molecular formula is C13H26O6. The smallest absolute Gasteiger partial charge is 0.333 e. The van der Waals surface area contributed by atoms with Crippen LogP contribution in [-0.2, 0) is 19.0 Å². The van der Waals surface area contributed by atoms with Gasteiger partial charge in [-0.2, -0.15) is 0 Å². The van der Waals surface area contributed by atoms with Crippen LogP contribution in [0.15, 0.2) is 12.2 Å². The molecule has 6 nitrogen and oxygen atoms in total. The average Bonchev–Trinajstić information content (AvgIpc) is 3.22. The van der Waals surface area contributed by atoms with Gasteiger partial charge in [-0.15, -0.1) is 0 Å². The molecule has 0 bridgehead atoms. The lowest BCUT2D eigenvalue weighted by Crippen LogP contribution is -2.09. The second kappa shape index (κ2) is 15.1. The van der Waals surface area contributed by atoms with Gasteiger partial charge < -0.3 is 24.4 Å². The predicted molar refractivity (Wildman–Crippen MR) is 71.9 cm³/mol. The van der Waals surface area contributed by atoms with E-state index in [2.05, 4.69) is 6.58 Å². The maximum atomic E-state index is 10.7. The first kappa shape index (κ1) is 20.4. The number of aliphatic hydroxyl groups is 2. The highest BCUT2D eigenvalue weighted by atomic mass is 16.6. The highest BCUT2D eigenvalue weighted by Crippen LogP contribution is 2.09. The summed E-state index contributed by atoms with van der Waals surface area (Å²) in [6, 6.07) is 0. The standard InChI is InChI=1S/C7H10O3.C4H10O.C2H6O2/c1-5(2)7(8)10-4-6-3-9-6;1-3-5-4-2;3-1-2-4/h6H,1,3-4H2,2H3;3-4H2,1-2H3;3-4H,1-2H2. The van der Waals surface area contributed by atoms with E-state index in [9.17, 15) is 4.79 Å². The van der Waals surface area contributed by atoms with E-state index in [1.807, 2.05) is 13.8 Å². The summed E-state index contributed by atoms with van der Waals surface area (Å²) in [7, 11) is 0. The van der Waals surface area contributed by atoms with E-state index in [0.717, 1.165) is 13.2 Å². The number of carbonyl (C=O) groups excluding carboxylic acids is 1. The van der Waals surface area contributed by atoms with Crippen LogP contribution in [0.4, 0.5) is 0 Å². The van der Waals surface area contributed by atoms with Crippen LogP contribution in [0, 0.1) is 0 Å². The van der Waals surface area contributed by atoms with E-state index in [0.29, 0.717) is 18.8 Å². The zero-order chi connectivity index (χ0) is 15.1. The van der Waals surface area contributed by atoms with Crippen molar-refractivity contribution in [1.82, 2.24) is 0 Å². The number of epoxide rings is 1. The number of esters is 1. The third-order valence-corrected chi connectivity index (χ3v) is 1.66. The molecule has 0 aromatic heterocycles. The van der Waals surface area contributed by atoms with Gasteiger partial charge in [0, 0.05) is 18.8 Å². The molecule has 0 aromatic carbocycles. The molecule has 1 aliphatic heterocycles. The molecule has 1 heterocycles. The van der Waals surface area contributed by atoms with Crippen molar-refractivity contribution in [1.29, 1.82) is 0 Å². The van der Waals surface area contributed by atoms with Gasteiger partial charge in [-0.3, -0.25) is 0 Å². The van der Waals surface area contributed by atoms with E-state index >= 15 is 0 Å². The summed E-state index contributed by atoms with van der Waals surface area (Å²) in [6.45, 7) is 11.6. The minimum Gasteiger partial charge on any atom is -0.459 e. The molecule has 1 aliphatic rings. The molecule has 0 amide bonds. The average molecular weight is 278 g/mol. The van der Waals surface area contributed by atoms with Gasteiger partial charge in [0.25, 0.3) is 0 Å². The van der Waals surface area contributed by atoms with Crippen LogP contribution in [0.25, 0.3) is 0 Å². The molecule has 1 fully saturated rings. The third-order valence-electron chi connectivity index (χ3n) is 1.66. The van der Waals surface area contributed by atoms with Gasteiger partial charge in [0.05, 0.1) is 19.8 Å². The molecule has 1 atom stereocenters. The Morgan fingerprint density at radius 1 is 1.32 bits per heavy atom. The van der Waals surface area contributed by atoms with Gasteiger partial charge in [-0.1, -0.05) is 6.58 Å². The highest BCUT2D eigenvalue weighted by Gasteiger charge is 2.24. The van der Waals surface area contributed by atoms with Crippen LogP contribution in [0.2, 0.25) is 0 Å². The lowest BCUT2D eigenvalue weighted by Gasteiger charge is -1.99. The van der Waals surface area contributed by atoms with Gasteiger partial charge in [0.15, 0.2) is 0 Å². The first-order valence-electron chi connectivity index (χ1n) is 6.27. The number of hydrogen-bond acceptors (Lipinski definition) is 6. The second-order valence-corrected chi connectivity index (χ2v) is 3.56. The van der Waals surface area contributed by atoms with Crippen LogP contribution < -0.4 is 0 Å². The second-order valence-electron chi connectivity index (χ2n) is 3.56. The Balaban J connectivity index is 0. The summed E-state index contributed by atoms with van der Waals surface area (Å²) >= 11 is 0. The largest absolute Gasteiger partial charge is 0.459 e. The van der Waals surface area contributed by atoms with E-state index in [1.165, 1.54) is 0 Å². The molecular weight excluding hydrogens is 252 g/mol. The van der Waals surface area contributed by atoms with Crippen LogP contribution in [0.3, 0.4) is 0 Å². The van der Waals surface area contributed by atoms with Gasteiger partial charge in [-0.05, 0) is 20.8 Å². The van der Waals surface area contributed by atoms with E-state index in [-0.39, 0.29) is 25.3 Å². The van der Waals surface area contributed by atoms with Gasteiger partial charge >= 0.3 is 5.97 Å². The number of ether oxygens (including phenoxy) is 3. The lowest BCUT2D eigenvalue weighted by atomic mass is 10.4. The lowest BCUT2D eigenvalue weighted by molar-refractivity contribution is -0.139. The molecule has 114 valence electrons. The van der Waals surface area contributed by atoms with Crippen LogP contribution in [0.5, 0.6) is 0 Å². The zero-order valence-corrected chi connectivity index (χ0v) is 12.1. The molecule has 0 spiro atoms. The van der Waals surface area contributed by atoms with Crippen molar-refractivity contribution in [3.63, 3.8) is 0 Å². The van der Waals surface area contributed by atoms with E-state index in [4.69, 9.17) is 24.4 Å². The summed E-state index contributed by atoms with van der Waals surface area (Å²) in [5.41, 5.74) is 0.431. The molecule has 2 N–H and O–H groups in total. The molecule has 0 radical (unpaired) electrons. The van der Waals surface area contributed by atoms with E-state index < -0.39 is 0 Å². The van der Waals surface area contributed by atoms with Crippen LogP contribution in [-0.4, -0.2) is 61.9 Å². The maximum absolute atomic E-state index is 10.7. The topological polar surface area (TPSA) is 88.5 Å². The molecule has 0 aromatic rings. The molecule has 1 rings (SSSR count). The summed E-state index contributed by atoms with van der Waals surface area (Å²) < 4.78 is 14.4. The van der Waals surface area contributed by atoms with Gasteiger partial charge in [0.2, 0.25) is 0 Å². The number of rotatable bonds is 6. The van der Waals surface area contributed by atoms with Crippen molar-refractivity contribution in [2.24, 2.45) is 0 Å². The van der Waals surface area contributed by atoms with Crippen molar-refractivity contribution < 1.29 is 29.2 Å². The molecule has 19 heavy (non-hydrogen) atoms. The van der Waals surface area contributed by atoms with Crippen molar-refractivity contribution >= 4 is 5.97 Å². The first-order chi connectivity index (χ1) is 9.03. The zero-order valence-electron chi connectivity index (χ0n) is 12.1. The molecule has 0 saturated carbocycles. The fourth-order valence-electron chi connectivity index (χ4n) is 0.660. The number of carbonyl (C=O) groups is 1. The molecule has 0 aliphatic carbocycles. The molecule has 1 unspecified atom stereocenters. The Hall–Kier alpha value is -0.950. The minimum atomic E-state index is -0.337. The van der Waals surface area contributed by atoms with Gasteiger partial charge in [-0.25, -0.2) is 4.79 Å². The quantitative estimate of drug-likeness (QED) is 0.418. The molecule has 1 saturated heterocycles. The maximum Gasteiger partial charge on any atom is 0.333 e. The monoisotopic (exact) mass is 278 g/mol. The summed E-state index contributed by atoms with van der Waals surface area (Å²) in [6.07, 6.45) is 0.142. The van der Waals surface area contributed by atoms with Crippen molar-refractivity contribution in [3.05, 3.63) is 12.2 Å². The predicted octanol–water partition coefficient (Wildman–Crippen LogP) is 0.518. The first-order valence-corrected chi connectivity index (χ1v) is 6.27. The van der Waals surface area contributed by atoms with Crippen molar-refractivity contribution in [2.75, 3.05) is 39.6 Å². The Labute approximate surface area is 115 Å². The normalized spacial score (nSPS) is 15.3. The van der Waals surface area contributed by atoms with Crippen molar-refractivity contribution in [3.8, 4) is 0 Å². The van der Waals surface area contributed by atoms with Crippen LogP contribution in [0.1, 0.15) is 20.8 Å². The Morgan fingerprint density at radius 3 is 2.00 bits per heavy atom. The summed E-state index contributed by atoms with van der Waals surface area (Å²) in [5.74, 6) is -0.337. The number of hydrogen-bond donors (Lipinski definition) is 2. The molecule has 6 heteroatoms. The number of aliphatic hydroxyl groups excluding tert-OH is 2. The highest BCUT2D eigenvalue weighted by molar-refractivity contribution is 5.86.